The highest BCUT2D eigenvalue weighted by atomic mass is 16.1. The highest BCUT2D eigenvalue weighted by molar-refractivity contribution is 6.41. The Morgan fingerprint density at radius 3 is 2.42 bits per heavy atom. The van der Waals surface area contributed by atoms with Gasteiger partial charge in [-0.2, -0.15) is 0 Å². The first kappa shape index (κ1) is 17.7. The molecule has 0 saturated heterocycles. The van der Waals surface area contributed by atoms with E-state index in [1.165, 1.54) is 0 Å². The number of benzene rings is 1. The van der Waals surface area contributed by atoms with Crippen LogP contribution >= 0.6 is 0 Å². The van der Waals surface area contributed by atoms with Gasteiger partial charge < -0.3 is 15.0 Å². The number of H-pyrrole nitrogens is 3. The second-order valence-corrected chi connectivity index (χ2v) is 7.25. The summed E-state index contributed by atoms with van der Waals surface area (Å²) in [6.45, 7) is 6.17. The number of imidazole rings is 1. The Hall–Kier alpha value is -3.09. The van der Waals surface area contributed by atoms with Crippen LogP contribution in [0.25, 0.3) is 11.5 Å². The normalized spacial score (nSPS) is 13.7. The summed E-state index contributed by atoms with van der Waals surface area (Å²) in [4.78, 5) is 37.9. The third kappa shape index (κ3) is 3.47. The van der Waals surface area contributed by atoms with Crippen LogP contribution in [0.3, 0.4) is 0 Å². The second-order valence-electron chi connectivity index (χ2n) is 7.25. The standard InChI is InChI=1S/C19H21BN4O2/c1-19(2,3)16-14(21-10-22-16)13(20)15-18(26)23-12(17(25)24-15)9-11-7-5-4-6-8-11/h4-10H,20H2,1-3H3,(H,21,22)(H,23,26)(H,24,25)/b12-9-,15-13+. The zero-order valence-corrected chi connectivity index (χ0v) is 15.3. The predicted octanol–water partition coefficient (Wildman–Crippen LogP) is -0.298. The van der Waals surface area contributed by atoms with Gasteiger partial charge in [0.25, 0.3) is 11.1 Å². The molecule has 2 aromatic heterocycles. The molecule has 0 amide bonds. The number of hydrogen-bond donors (Lipinski definition) is 3. The van der Waals surface area contributed by atoms with Gasteiger partial charge in [-0.3, -0.25) is 9.59 Å². The summed E-state index contributed by atoms with van der Waals surface area (Å²) in [5.74, 6) is 0. The molecule has 0 unspecified atom stereocenters. The van der Waals surface area contributed by atoms with Crippen LogP contribution in [0.5, 0.6) is 0 Å². The van der Waals surface area contributed by atoms with Crippen molar-refractivity contribution in [3.8, 4) is 0 Å². The topological polar surface area (TPSA) is 94.4 Å². The first-order valence-corrected chi connectivity index (χ1v) is 8.42. The van der Waals surface area contributed by atoms with Crippen molar-refractivity contribution in [2.45, 2.75) is 26.2 Å². The minimum Gasteiger partial charge on any atom is -0.348 e. The van der Waals surface area contributed by atoms with E-state index in [2.05, 4.69) is 40.7 Å². The van der Waals surface area contributed by atoms with Crippen LogP contribution in [0, 0.1) is 0 Å². The van der Waals surface area contributed by atoms with E-state index in [9.17, 15) is 9.59 Å². The Bertz CT molecular complexity index is 1160. The smallest absolute Gasteiger partial charge is 0.272 e. The number of nitrogens with one attached hydrogen (secondary N) is 3. The van der Waals surface area contributed by atoms with Gasteiger partial charge >= 0.3 is 0 Å². The van der Waals surface area contributed by atoms with E-state index in [-0.39, 0.29) is 27.2 Å². The maximum absolute atomic E-state index is 12.6. The Kier molecular flexibility index (Phi) is 4.55. The van der Waals surface area contributed by atoms with Crippen molar-refractivity contribution in [2.24, 2.45) is 0 Å². The molecule has 0 aliphatic carbocycles. The van der Waals surface area contributed by atoms with Crippen LogP contribution in [-0.4, -0.2) is 27.8 Å². The van der Waals surface area contributed by atoms with Gasteiger partial charge in [0.2, 0.25) is 0 Å². The predicted molar refractivity (Wildman–Crippen MR) is 105 cm³/mol. The van der Waals surface area contributed by atoms with Crippen LogP contribution in [0.2, 0.25) is 0 Å². The number of aromatic nitrogens is 4. The molecule has 0 bridgehead atoms. The molecular weight excluding hydrogens is 327 g/mol. The summed E-state index contributed by atoms with van der Waals surface area (Å²) >= 11 is 0. The SMILES string of the molecule is B/C(c1nc[nH]c1C(C)(C)C)=c1/[nH]c(=O)/c(=C/c2ccccc2)[nH]c1=O. The van der Waals surface area contributed by atoms with E-state index >= 15 is 0 Å². The van der Waals surface area contributed by atoms with Gasteiger partial charge in [-0.05, 0) is 17.1 Å². The number of aromatic amines is 3. The maximum atomic E-state index is 12.6. The van der Waals surface area contributed by atoms with E-state index in [1.807, 2.05) is 30.3 Å². The van der Waals surface area contributed by atoms with Crippen molar-refractivity contribution in [2.75, 3.05) is 0 Å². The molecule has 1 aromatic carbocycles. The molecule has 3 N–H and O–H groups in total. The van der Waals surface area contributed by atoms with Crippen molar-refractivity contribution in [3.63, 3.8) is 0 Å². The minimum absolute atomic E-state index is 0.165. The quantitative estimate of drug-likeness (QED) is 0.555. The van der Waals surface area contributed by atoms with Gasteiger partial charge in [-0.1, -0.05) is 51.1 Å². The third-order valence-corrected chi connectivity index (χ3v) is 4.19. The maximum Gasteiger partial charge on any atom is 0.272 e. The van der Waals surface area contributed by atoms with Gasteiger partial charge in [0.15, 0.2) is 0 Å². The molecule has 3 aromatic rings. The van der Waals surface area contributed by atoms with Gasteiger partial charge in [-0.15, -0.1) is 0 Å². The molecular formula is C19H21BN4O2. The van der Waals surface area contributed by atoms with E-state index < -0.39 is 0 Å². The van der Waals surface area contributed by atoms with Crippen LogP contribution < -0.4 is 21.8 Å². The lowest BCUT2D eigenvalue weighted by molar-refractivity contribution is 0.571. The van der Waals surface area contributed by atoms with Crippen LogP contribution in [0.15, 0.2) is 46.2 Å². The molecule has 0 atom stereocenters. The lowest BCUT2D eigenvalue weighted by Crippen LogP contribution is -2.48. The van der Waals surface area contributed by atoms with Gasteiger partial charge in [0.05, 0.1) is 12.0 Å². The molecule has 0 radical (unpaired) electrons. The number of hydrogen-bond acceptors (Lipinski definition) is 3. The summed E-state index contributed by atoms with van der Waals surface area (Å²) in [5.41, 5.74) is 2.18. The molecule has 0 saturated carbocycles. The summed E-state index contributed by atoms with van der Waals surface area (Å²) in [7, 11) is 1.78. The summed E-state index contributed by atoms with van der Waals surface area (Å²) in [6.07, 6.45) is 3.25. The first-order chi connectivity index (χ1) is 12.3. The zero-order chi connectivity index (χ0) is 18.9. The van der Waals surface area contributed by atoms with E-state index in [4.69, 9.17) is 0 Å². The van der Waals surface area contributed by atoms with Crippen molar-refractivity contribution in [1.82, 2.24) is 19.9 Å². The van der Waals surface area contributed by atoms with Crippen molar-refractivity contribution in [1.29, 1.82) is 0 Å². The largest absolute Gasteiger partial charge is 0.348 e. The summed E-state index contributed by atoms with van der Waals surface area (Å²) in [6, 6.07) is 9.36. The Balaban J connectivity index is 2.23. The van der Waals surface area contributed by atoms with Crippen molar-refractivity contribution in [3.05, 3.63) is 85.0 Å². The van der Waals surface area contributed by atoms with E-state index in [0.717, 1.165) is 11.3 Å². The lowest BCUT2D eigenvalue weighted by atomic mass is 9.83. The molecule has 0 fully saturated rings. The fraction of sp³-hybridized carbons (Fsp3) is 0.211. The molecule has 0 aliphatic heterocycles. The molecule has 26 heavy (non-hydrogen) atoms. The monoisotopic (exact) mass is 348 g/mol. The minimum atomic E-state index is -0.354. The molecule has 132 valence electrons. The van der Waals surface area contributed by atoms with Gasteiger partial charge in [-0.25, -0.2) is 4.98 Å². The summed E-state index contributed by atoms with van der Waals surface area (Å²) in [5, 5.41) is 0.439. The van der Waals surface area contributed by atoms with Gasteiger partial charge in [0.1, 0.15) is 18.5 Å². The zero-order valence-electron chi connectivity index (χ0n) is 15.3. The van der Waals surface area contributed by atoms with E-state index in [0.29, 0.717) is 11.2 Å². The van der Waals surface area contributed by atoms with Crippen molar-refractivity contribution < 1.29 is 0 Å². The average molecular weight is 348 g/mol. The van der Waals surface area contributed by atoms with E-state index in [1.54, 1.807) is 20.2 Å². The molecule has 7 heteroatoms. The fourth-order valence-electron chi connectivity index (χ4n) is 2.83. The average Bonchev–Trinajstić information content (AvgIpc) is 3.08. The summed E-state index contributed by atoms with van der Waals surface area (Å²) < 4.78 is 0. The van der Waals surface area contributed by atoms with Crippen LogP contribution in [0.4, 0.5) is 0 Å². The lowest BCUT2D eigenvalue weighted by Gasteiger charge is -2.18. The first-order valence-electron chi connectivity index (χ1n) is 8.42. The van der Waals surface area contributed by atoms with Crippen LogP contribution in [-0.2, 0) is 5.41 Å². The number of rotatable bonds is 2. The fourth-order valence-corrected chi connectivity index (χ4v) is 2.83. The Labute approximate surface area is 151 Å². The third-order valence-electron chi connectivity index (χ3n) is 4.19. The molecule has 3 rings (SSSR count). The van der Waals surface area contributed by atoms with Crippen LogP contribution in [0.1, 0.15) is 37.7 Å². The highest BCUT2D eigenvalue weighted by Gasteiger charge is 2.21. The molecule has 0 spiro atoms. The molecule has 6 nitrogen and oxygen atoms in total. The Morgan fingerprint density at radius 1 is 1.08 bits per heavy atom. The van der Waals surface area contributed by atoms with Crippen molar-refractivity contribution >= 4 is 19.4 Å². The highest BCUT2D eigenvalue weighted by Crippen LogP contribution is 2.24. The molecule has 2 heterocycles. The Morgan fingerprint density at radius 2 is 1.77 bits per heavy atom. The molecule has 0 aliphatic rings. The van der Waals surface area contributed by atoms with Gasteiger partial charge in [0, 0.05) is 11.1 Å². The number of nitrogens with zero attached hydrogens (tertiary/aromatic N) is 1. The second kappa shape index (κ2) is 6.67.